The molecule has 2 aromatic heterocycles. The lowest BCUT2D eigenvalue weighted by Gasteiger charge is -2.12. The van der Waals surface area contributed by atoms with Crippen LogP contribution in [0.3, 0.4) is 0 Å². The maximum Gasteiger partial charge on any atom is 0.340 e. The minimum atomic E-state index is -0.448. The summed E-state index contributed by atoms with van der Waals surface area (Å²) in [6.07, 6.45) is 3.35. The normalized spacial score (nSPS) is 10.5. The highest BCUT2D eigenvalue weighted by Gasteiger charge is 2.18. The summed E-state index contributed by atoms with van der Waals surface area (Å²) in [7, 11) is 4.78. The SMILES string of the molecule is COC(=O)c1cnc(-c2ccn(C)n2)cc1-c1ccccc1OC. The first-order valence-corrected chi connectivity index (χ1v) is 7.36. The third-order valence-electron chi connectivity index (χ3n) is 3.68. The van der Waals surface area contributed by atoms with E-state index >= 15 is 0 Å². The van der Waals surface area contributed by atoms with Crippen molar-refractivity contribution in [3.8, 4) is 28.3 Å². The van der Waals surface area contributed by atoms with Crippen molar-refractivity contribution in [1.29, 1.82) is 0 Å². The maximum atomic E-state index is 12.1. The molecule has 6 heteroatoms. The van der Waals surface area contributed by atoms with E-state index in [2.05, 4.69) is 10.1 Å². The standard InChI is InChI=1S/C18H17N3O3/c1-21-9-8-15(20-21)16-10-13(14(11-19-16)18(22)24-3)12-6-4-5-7-17(12)23-2/h4-11H,1-3H3. The number of rotatable bonds is 4. The zero-order valence-electron chi connectivity index (χ0n) is 13.7. The van der Waals surface area contributed by atoms with Gasteiger partial charge in [-0.05, 0) is 18.2 Å². The van der Waals surface area contributed by atoms with Gasteiger partial charge in [-0.15, -0.1) is 0 Å². The van der Waals surface area contributed by atoms with Gasteiger partial charge in [0.1, 0.15) is 11.4 Å². The van der Waals surface area contributed by atoms with E-state index in [0.717, 1.165) is 11.3 Å². The Labute approximate surface area is 139 Å². The van der Waals surface area contributed by atoms with E-state index in [1.165, 1.54) is 13.3 Å². The third-order valence-corrected chi connectivity index (χ3v) is 3.68. The van der Waals surface area contributed by atoms with Gasteiger partial charge in [0.2, 0.25) is 0 Å². The van der Waals surface area contributed by atoms with Crippen molar-refractivity contribution < 1.29 is 14.3 Å². The number of benzene rings is 1. The molecule has 0 saturated heterocycles. The monoisotopic (exact) mass is 323 g/mol. The van der Waals surface area contributed by atoms with E-state index in [1.54, 1.807) is 11.8 Å². The number of aryl methyl sites for hydroxylation is 1. The molecule has 0 saturated carbocycles. The van der Waals surface area contributed by atoms with Gasteiger partial charge in [-0.2, -0.15) is 5.10 Å². The van der Waals surface area contributed by atoms with Crippen LogP contribution in [0.1, 0.15) is 10.4 Å². The lowest BCUT2D eigenvalue weighted by Crippen LogP contribution is -2.05. The molecule has 0 bridgehead atoms. The lowest BCUT2D eigenvalue weighted by molar-refractivity contribution is 0.0601. The summed E-state index contributed by atoms with van der Waals surface area (Å²) in [5.74, 6) is 0.219. The summed E-state index contributed by atoms with van der Waals surface area (Å²) in [5, 5.41) is 4.36. The van der Waals surface area contributed by atoms with E-state index in [9.17, 15) is 4.79 Å². The number of hydrogen-bond acceptors (Lipinski definition) is 5. The van der Waals surface area contributed by atoms with Crippen LogP contribution in [0.4, 0.5) is 0 Å². The van der Waals surface area contributed by atoms with E-state index in [1.807, 2.05) is 49.6 Å². The fourth-order valence-electron chi connectivity index (χ4n) is 2.51. The minimum absolute atomic E-state index is 0.377. The lowest BCUT2D eigenvalue weighted by atomic mass is 9.99. The Hall–Kier alpha value is -3.15. The summed E-state index contributed by atoms with van der Waals surface area (Å²) < 4.78 is 12.0. The van der Waals surface area contributed by atoms with Crippen LogP contribution < -0.4 is 4.74 Å². The number of aromatic nitrogens is 3. The molecule has 0 spiro atoms. The summed E-state index contributed by atoms with van der Waals surface area (Å²) >= 11 is 0. The summed E-state index contributed by atoms with van der Waals surface area (Å²) in [4.78, 5) is 16.5. The van der Waals surface area contributed by atoms with Gasteiger partial charge < -0.3 is 9.47 Å². The number of carbonyl (C=O) groups is 1. The second-order valence-corrected chi connectivity index (χ2v) is 5.18. The number of carbonyl (C=O) groups excluding carboxylic acids is 1. The van der Waals surface area contributed by atoms with Crippen LogP contribution in [0.15, 0.2) is 48.8 Å². The highest BCUT2D eigenvalue weighted by Crippen LogP contribution is 2.34. The molecule has 122 valence electrons. The fourth-order valence-corrected chi connectivity index (χ4v) is 2.51. The Morgan fingerprint density at radius 1 is 1.08 bits per heavy atom. The Bertz CT molecular complexity index is 887. The Kier molecular flexibility index (Phi) is 4.29. The Morgan fingerprint density at radius 2 is 1.88 bits per heavy atom. The zero-order valence-corrected chi connectivity index (χ0v) is 13.7. The van der Waals surface area contributed by atoms with Gasteiger partial charge in [0.15, 0.2) is 0 Å². The number of hydrogen-bond donors (Lipinski definition) is 0. The second-order valence-electron chi connectivity index (χ2n) is 5.18. The maximum absolute atomic E-state index is 12.1. The molecule has 0 atom stereocenters. The third kappa shape index (κ3) is 2.86. The molecule has 6 nitrogen and oxygen atoms in total. The molecule has 0 N–H and O–H groups in total. The van der Waals surface area contributed by atoms with E-state index in [-0.39, 0.29) is 0 Å². The number of nitrogens with zero attached hydrogens (tertiary/aromatic N) is 3. The number of para-hydroxylation sites is 1. The van der Waals surface area contributed by atoms with Crippen LogP contribution in [-0.2, 0) is 11.8 Å². The summed E-state index contributed by atoms with van der Waals surface area (Å²) in [6.45, 7) is 0. The van der Waals surface area contributed by atoms with Gasteiger partial charge in [-0.1, -0.05) is 18.2 Å². The van der Waals surface area contributed by atoms with Crippen molar-refractivity contribution in [3.63, 3.8) is 0 Å². The molecule has 1 aromatic carbocycles. The Balaban J connectivity index is 2.21. The van der Waals surface area contributed by atoms with Crippen molar-refractivity contribution in [2.45, 2.75) is 0 Å². The highest BCUT2D eigenvalue weighted by molar-refractivity contribution is 5.98. The molecular formula is C18H17N3O3. The fraction of sp³-hybridized carbons (Fsp3) is 0.167. The van der Waals surface area contributed by atoms with Crippen LogP contribution in [0.2, 0.25) is 0 Å². The molecule has 0 aliphatic heterocycles. The Morgan fingerprint density at radius 3 is 2.54 bits per heavy atom. The van der Waals surface area contributed by atoms with Crippen LogP contribution >= 0.6 is 0 Å². The molecule has 0 unspecified atom stereocenters. The first kappa shape index (κ1) is 15.7. The highest BCUT2D eigenvalue weighted by atomic mass is 16.5. The van der Waals surface area contributed by atoms with Crippen LogP contribution in [0.5, 0.6) is 5.75 Å². The number of ether oxygens (including phenoxy) is 2. The first-order chi connectivity index (χ1) is 11.6. The van der Waals surface area contributed by atoms with E-state index < -0.39 is 5.97 Å². The van der Waals surface area contributed by atoms with Crippen LogP contribution in [0.25, 0.3) is 22.5 Å². The van der Waals surface area contributed by atoms with Crippen molar-refractivity contribution in [1.82, 2.24) is 14.8 Å². The molecule has 3 aromatic rings. The van der Waals surface area contributed by atoms with Crippen molar-refractivity contribution in [2.24, 2.45) is 7.05 Å². The predicted octanol–water partition coefficient (Wildman–Crippen LogP) is 2.94. The van der Waals surface area contributed by atoms with Gasteiger partial charge in [-0.3, -0.25) is 9.67 Å². The van der Waals surface area contributed by atoms with Gasteiger partial charge in [-0.25, -0.2) is 4.79 Å². The molecule has 3 rings (SSSR count). The largest absolute Gasteiger partial charge is 0.496 e. The number of methoxy groups -OCH3 is 2. The average Bonchev–Trinajstić information content (AvgIpc) is 3.07. The predicted molar refractivity (Wildman–Crippen MR) is 89.8 cm³/mol. The molecule has 2 heterocycles. The molecule has 24 heavy (non-hydrogen) atoms. The van der Waals surface area contributed by atoms with E-state index in [0.29, 0.717) is 22.6 Å². The quantitative estimate of drug-likeness (QED) is 0.691. The molecule has 0 radical (unpaired) electrons. The van der Waals surface area contributed by atoms with Crippen LogP contribution in [0, 0.1) is 0 Å². The summed E-state index contributed by atoms with van der Waals surface area (Å²) in [5.41, 5.74) is 3.26. The van der Waals surface area contributed by atoms with Gasteiger partial charge >= 0.3 is 5.97 Å². The molecule has 0 aliphatic carbocycles. The second kappa shape index (κ2) is 6.54. The van der Waals surface area contributed by atoms with Gasteiger partial charge in [0.25, 0.3) is 0 Å². The first-order valence-electron chi connectivity index (χ1n) is 7.36. The molecule has 0 amide bonds. The topological polar surface area (TPSA) is 66.2 Å². The van der Waals surface area contributed by atoms with Crippen molar-refractivity contribution >= 4 is 5.97 Å². The summed E-state index contributed by atoms with van der Waals surface area (Å²) in [6, 6.07) is 11.2. The number of esters is 1. The smallest absolute Gasteiger partial charge is 0.340 e. The van der Waals surface area contributed by atoms with Crippen molar-refractivity contribution in [3.05, 3.63) is 54.4 Å². The van der Waals surface area contributed by atoms with Crippen LogP contribution in [-0.4, -0.2) is 35.0 Å². The molecule has 0 aliphatic rings. The van der Waals surface area contributed by atoms with E-state index in [4.69, 9.17) is 9.47 Å². The van der Waals surface area contributed by atoms with Gasteiger partial charge in [0, 0.05) is 30.6 Å². The number of pyridine rings is 1. The minimum Gasteiger partial charge on any atom is -0.496 e. The molecular weight excluding hydrogens is 306 g/mol. The van der Waals surface area contributed by atoms with Crippen molar-refractivity contribution in [2.75, 3.05) is 14.2 Å². The molecule has 0 fully saturated rings. The zero-order chi connectivity index (χ0) is 17.1. The average molecular weight is 323 g/mol. The van der Waals surface area contributed by atoms with Gasteiger partial charge in [0.05, 0.1) is 25.5 Å².